The van der Waals surface area contributed by atoms with Crippen LogP contribution in [-0.2, 0) is 14.3 Å². The molecule has 0 fully saturated rings. The quantitative estimate of drug-likeness (QED) is 0.219. The van der Waals surface area contributed by atoms with E-state index in [9.17, 15) is 19.5 Å². The van der Waals surface area contributed by atoms with Gasteiger partial charge < -0.3 is 25.1 Å². The van der Waals surface area contributed by atoms with E-state index in [1.807, 2.05) is 104 Å². The molecule has 0 saturated heterocycles. The van der Waals surface area contributed by atoms with Crippen molar-refractivity contribution in [1.29, 1.82) is 0 Å². The van der Waals surface area contributed by atoms with Crippen LogP contribution < -0.4 is 29.6 Å². The number of aliphatic hydroxyl groups is 1. The number of fused-ring (bicyclic) bond motifs is 2. The second kappa shape index (κ2) is 17.1. The Morgan fingerprint density at radius 2 is 1.21 bits per heavy atom. The van der Waals surface area contributed by atoms with Crippen molar-refractivity contribution in [1.82, 2.24) is 19.1 Å². The monoisotopic (exact) mass is 669 g/mol. The smallest absolute Gasteiger partial charge is 1.00 e. The molecule has 255 valence electrons. The molecule has 0 aliphatic rings. The first-order valence-corrected chi connectivity index (χ1v) is 15.9. The van der Waals surface area contributed by atoms with Gasteiger partial charge in [-0.1, -0.05) is 13.8 Å². The van der Waals surface area contributed by atoms with Crippen LogP contribution in [0.4, 0.5) is 0 Å². The molecule has 4 heterocycles. The Hall–Kier alpha value is -2.99. The number of hydrogen-bond donors (Lipinski definition) is 1. The first-order chi connectivity index (χ1) is 21.3. The van der Waals surface area contributed by atoms with Crippen molar-refractivity contribution in [3.05, 3.63) is 59.2 Å². The molecular formula is C36H51BN4NaO6. The van der Waals surface area contributed by atoms with Crippen LogP contribution in [0.5, 0.6) is 0 Å². The summed E-state index contributed by atoms with van der Waals surface area (Å²) < 4.78 is 14.8. The second-order valence-corrected chi connectivity index (χ2v) is 13.6. The normalized spacial score (nSPS) is 13.4. The second-order valence-electron chi connectivity index (χ2n) is 13.6. The van der Waals surface area contributed by atoms with E-state index in [1.165, 1.54) is 0 Å². The van der Waals surface area contributed by atoms with Crippen molar-refractivity contribution < 1.29 is 59.9 Å². The molecule has 0 amide bonds. The number of hydrogen-bond acceptors (Lipinski definition) is 8. The van der Waals surface area contributed by atoms with Gasteiger partial charge in [0.2, 0.25) is 0 Å². The van der Waals surface area contributed by atoms with Crippen LogP contribution in [0, 0.1) is 13.8 Å². The number of carbonyl (C=O) groups excluding carboxylic acids is 3. The minimum Gasteiger partial charge on any atom is -1.00 e. The largest absolute Gasteiger partial charge is 1.00 e. The molecule has 0 bridgehead atoms. The average molecular weight is 670 g/mol. The average Bonchev–Trinajstić information content (AvgIpc) is 3.43. The fraction of sp³-hybridized carbons (Fsp3) is 0.528. The minimum atomic E-state index is -0.578. The SMILES string of the molecule is CCC(=O)C(C)n1c(C)c(C(=O)OC(C)(C)C)c2cccnc21.CCC(O)C(C)n1c(C)c(C(=O)OC(C)(C)C)c2cccnc21.[B].[H-].[Na+]. The summed E-state index contributed by atoms with van der Waals surface area (Å²) in [5, 5.41) is 11.7. The number of pyridine rings is 2. The Bertz CT molecular complexity index is 1740. The first kappa shape index (κ1) is 43.0. The molecule has 3 radical (unpaired) electrons. The van der Waals surface area contributed by atoms with E-state index in [1.54, 1.807) is 24.5 Å². The Morgan fingerprint density at radius 1 is 0.812 bits per heavy atom. The van der Waals surface area contributed by atoms with Gasteiger partial charge in [-0.05, 0) is 99.9 Å². The first-order valence-electron chi connectivity index (χ1n) is 15.9. The van der Waals surface area contributed by atoms with E-state index < -0.39 is 17.3 Å². The van der Waals surface area contributed by atoms with Crippen molar-refractivity contribution in [3.63, 3.8) is 0 Å². The van der Waals surface area contributed by atoms with Crippen LogP contribution in [0.15, 0.2) is 36.7 Å². The molecule has 12 heteroatoms. The molecule has 0 saturated carbocycles. The zero-order chi connectivity index (χ0) is 34.7. The zero-order valence-electron chi connectivity index (χ0n) is 32.0. The molecule has 10 nitrogen and oxygen atoms in total. The number of Topliss-reactive ketones (excluding diaryl/α,β-unsaturated/α-hetero) is 1. The number of esters is 2. The third-order valence-electron chi connectivity index (χ3n) is 7.80. The van der Waals surface area contributed by atoms with Gasteiger partial charge in [0.1, 0.15) is 22.5 Å². The number of aliphatic hydroxyl groups excluding tert-OH is 1. The summed E-state index contributed by atoms with van der Waals surface area (Å²) in [5.41, 5.74) is 2.69. The number of ether oxygens (including phenoxy) is 2. The van der Waals surface area contributed by atoms with Gasteiger partial charge in [-0.3, -0.25) is 4.79 Å². The third-order valence-corrected chi connectivity index (χ3v) is 7.80. The summed E-state index contributed by atoms with van der Waals surface area (Å²) in [6.07, 6.45) is 3.93. The number of aromatic nitrogens is 4. The summed E-state index contributed by atoms with van der Waals surface area (Å²) in [6, 6.07) is 6.76. The Kier molecular flexibility index (Phi) is 15.3. The molecular weight excluding hydrogens is 618 g/mol. The van der Waals surface area contributed by atoms with Crippen molar-refractivity contribution in [2.75, 3.05) is 0 Å². The molecule has 1 N–H and O–H groups in total. The zero-order valence-corrected chi connectivity index (χ0v) is 33.0. The molecule has 4 aromatic heterocycles. The third kappa shape index (κ3) is 9.58. The van der Waals surface area contributed by atoms with E-state index in [0.717, 1.165) is 16.5 Å². The maximum atomic E-state index is 12.6. The van der Waals surface area contributed by atoms with Gasteiger partial charge in [0.25, 0.3) is 0 Å². The van der Waals surface area contributed by atoms with Crippen molar-refractivity contribution in [2.24, 2.45) is 0 Å². The Labute approximate surface area is 310 Å². The minimum absolute atomic E-state index is 0. The van der Waals surface area contributed by atoms with Gasteiger partial charge in [0.15, 0.2) is 5.78 Å². The molecule has 3 atom stereocenters. The summed E-state index contributed by atoms with van der Waals surface area (Å²) in [6.45, 7) is 22.3. The van der Waals surface area contributed by atoms with Gasteiger partial charge >= 0.3 is 41.5 Å². The molecule has 4 aromatic rings. The van der Waals surface area contributed by atoms with Crippen molar-refractivity contribution >= 4 is 48.2 Å². The Balaban J connectivity index is 0.000000886. The van der Waals surface area contributed by atoms with Gasteiger partial charge in [-0.2, -0.15) is 0 Å². The van der Waals surface area contributed by atoms with E-state index in [4.69, 9.17) is 9.47 Å². The molecule has 48 heavy (non-hydrogen) atoms. The van der Waals surface area contributed by atoms with Gasteiger partial charge in [-0.25, -0.2) is 19.6 Å². The fourth-order valence-corrected chi connectivity index (χ4v) is 5.61. The molecule has 0 aromatic carbocycles. The van der Waals surface area contributed by atoms with Crippen molar-refractivity contribution in [3.8, 4) is 0 Å². The molecule has 0 spiro atoms. The molecule has 4 rings (SSSR count). The maximum absolute atomic E-state index is 12.6. The van der Waals surface area contributed by atoms with Gasteiger partial charge in [0, 0.05) is 49.4 Å². The van der Waals surface area contributed by atoms with E-state index in [-0.39, 0.29) is 69.2 Å². The maximum Gasteiger partial charge on any atom is 1.00 e. The van der Waals surface area contributed by atoms with Crippen LogP contribution >= 0.6 is 0 Å². The van der Waals surface area contributed by atoms with E-state index >= 15 is 0 Å². The summed E-state index contributed by atoms with van der Waals surface area (Å²) in [7, 11) is 0. The number of nitrogens with zero attached hydrogens (tertiary/aromatic N) is 4. The molecule has 0 aliphatic carbocycles. The summed E-state index contributed by atoms with van der Waals surface area (Å²) in [4.78, 5) is 46.2. The topological polar surface area (TPSA) is 126 Å². The predicted octanol–water partition coefficient (Wildman–Crippen LogP) is 4.21. The van der Waals surface area contributed by atoms with Crippen LogP contribution in [0.25, 0.3) is 22.1 Å². The van der Waals surface area contributed by atoms with Gasteiger partial charge in [0.05, 0.1) is 29.3 Å². The van der Waals surface area contributed by atoms with Crippen molar-refractivity contribution in [2.45, 2.75) is 125 Å². The fourth-order valence-electron chi connectivity index (χ4n) is 5.61. The van der Waals surface area contributed by atoms with E-state index in [2.05, 4.69) is 9.97 Å². The Morgan fingerprint density at radius 3 is 1.58 bits per heavy atom. The molecule has 3 unspecified atom stereocenters. The standard InChI is InChI=1S/C18H26N2O3.C18H24N2O3.B.Na.H/c2*1-7-14(21)11(2)20-12(3)15(17(22)23-18(4,5)6)13-9-8-10-19-16(13)20;;;/h8-11,14,21H,7H2,1-6H3;8-11H,7H2,1-6H3;;;/q;;;+1;-1. The van der Waals surface area contributed by atoms with Gasteiger partial charge in [-0.15, -0.1) is 0 Å². The summed E-state index contributed by atoms with van der Waals surface area (Å²) >= 11 is 0. The van der Waals surface area contributed by atoms with Crippen LogP contribution in [0.2, 0.25) is 0 Å². The number of carbonyl (C=O) groups is 3. The van der Waals surface area contributed by atoms with Crippen LogP contribution in [-0.4, -0.2) is 67.6 Å². The van der Waals surface area contributed by atoms with Crippen LogP contribution in [0.3, 0.4) is 0 Å². The predicted molar refractivity (Wildman–Crippen MR) is 187 cm³/mol. The number of ketones is 1. The van der Waals surface area contributed by atoms with E-state index in [0.29, 0.717) is 41.0 Å². The van der Waals surface area contributed by atoms with Crippen LogP contribution in [0.1, 0.15) is 128 Å². The molecule has 0 aliphatic heterocycles. The summed E-state index contributed by atoms with van der Waals surface area (Å²) in [5.74, 6) is -0.640. The number of rotatable bonds is 8.